The molecule has 1 aliphatic carbocycles. The summed E-state index contributed by atoms with van der Waals surface area (Å²) in [5, 5.41) is 12.5. The molecule has 0 radical (unpaired) electrons. The molecule has 7 nitrogen and oxygen atoms in total. The molecule has 34 heavy (non-hydrogen) atoms. The smallest absolute Gasteiger partial charge is 0.407 e. The monoisotopic (exact) mass is 462 g/mol. The van der Waals surface area contributed by atoms with E-state index in [2.05, 4.69) is 29.6 Å². The highest BCUT2D eigenvalue weighted by molar-refractivity contribution is 5.90. The average molecular weight is 463 g/mol. The van der Waals surface area contributed by atoms with Crippen LogP contribution in [0.15, 0.2) is 48.5 Å². The molecule has 2 fully saturated rings. The zero-order valence-corrected chi connectivity index (χ0v) is 19.3. The zero-order valence-electron chi connectivity index (χ0n) is 19.3. The van der Waals surface area contributed by atoms with Crippen molar-refractivity contribution in [1.82, 2.24) is 10.2 Å². The van der Waals surface area contributed by atoms with Crippen LogP contribution < -0.4 is 5.32 Å². The van der Waals surface area contributed by atoms with Crippen LogP contribution >= 0.6 is 0 Å². The Hall–Kier alpha value is -3.35. The van der Waals surface area contributed by atoms with Crippen molar-refractivity contribution in [2.75, 3.05) is 13.2 Å². The number of nitrogens with one attached hydrogen (secondary N) is 1. The number of hydrogen-bond acceptors (Lipinski definition) is 4. The fraction of sp³-hybridized carbons (Fsp3) is 0.444. The van der Waals surface area contributed by atoms with Crippen LogP contribution in [0.4, 0.5) is 4.79 Å². The van der Waals surface area contributed by atoms with Gasteiger partial charge in [0.1, 0.15) is 12.1 Å². The largest absolute Gasteiger partial charge is 0.479 e. The summed E-state index contributed by atoms with van der Waals surface area (Å²) in [5.74, 6) is -1.40. The topological polar surface area (TPSA) is 95.9 Å². The lowest BCUT2D eigenvalue weighted by molar-refractivity contribution is -0.156. The molecule has 5 rings (SSSR count). The van der Waals surface area contributed by atoms with Gasteiger partial charge in [0.2, 0.25) is 5.91 Å². The van der Waals surface area contributed by atoms with Crippen LogP contribution in [0.3, 0.4) is 0 Å². The van der Waals surface area contributed by atoms with E-state index in [1.54, 1.807) is 11.8 Å². The molecule has 0 spiro atoms. The normalized spacial score (nSPS) is 23.3. The van der Waals surface area contributed by atoms with Crippen molar-refractivity contribution in [3.8, 4) is 11.1 Å². The van der Waals surface area contributed by atoms with Crippen LogP contribution in [0, 0.1) is 5.92 Å². The molecule has 0 aromatic heterocycles. The van der Waals surface area contributed by atoms with E-state index < -0.39 is 17.6 Å². The molecule has 1 unspecified atom stereocenters. The third-order valence-corrected chi connectivity index (χ3v) is 7.86. The number of carbonyl (C=O) groups excluding carboxylic acids is 2. The van der Waals surface area contributed by atoms with Crippen molar-refractivity contribution in [2.24, 2.45) is 5.92 Å². The fourth-order valence-corrected chi connectivity index (χ4v) is 6.04. The van der Waals surface area contributed by atoms with Crippen molar-refractivity contribution >= 4 is 18.0 Å². The second-order valence-electron chi connectivity index (χ2n) is 9.72. The second-order valence-corrected chi connectivity index (χ2v) is 9.72. The van der Waals surface area contributed by atoms with Crippen LogP contribution in [0.2, 0.25) is 0 Å². The Balaban J connectivity index is 1.13. The maximum Gasteiger partial charge on any atom is 0.407 e. The molecule has 2 aliphatic heterocycles. The SMILES string of the molecule is CC(CCNC(=O)OCC1c2ccccc2-c2ccccc21)C(=O)N1C2CCC1(C(=O)O)CC2. The molecule has 2 aromatic carbocycles. The molecule has 178 valence electrons. The quantitative estimate of drug-likeness (QED) is 0.644. The third-order valence-electron chi connectivity index (χ3n) is 7.86. The Labute approximate surface area is 199 Å². The van der Waals surface area contributed by atoms with Gasteiger partial charge in [0, 0.05) is 24.4 Å². The van der Waals surface area contributed by atoms with Crippen molar-refractivity contribution in [3.63, 3.8) is 0 Å². The van der Waals surface area contributed by atoms with E-state index in [9.17, 15) is 19.5 Å². The summed E-state index contributed by atoms with van der Waals surface area (Å²) in [7, 11) is 0. The first kappa shape index (κ1) is 22.4. The van der Waals surface area contributed by atoms with Gasteiger partial charge in [-0.3, -0.25) is 4.79 Å². The summed E-state index contributed by atoms with van der Waals surface area (Å²) in [5.41, 5.74) is 3.63. The van der Waals surface area contributed by atoms with Gasteiger partial charge in [-0.1, -0.05) is 55.5 Å². The Morgan fingerprint density at radius 1 is 1.06 bits per heavy atom. The number of carboxylic acid groups (broad SMARTS) is 1. The van der Waals surface area contributed by atoms with Crippen LogP contribution in [0.25, 0.3) is 11.1 Å². The number of hydrogen-bond donors (Lipinski definition) is 2. The van der Waals surface area contributed by atoms with Gasteiger partial charge in [-0.15, -0.1) is 0 Å². The minimum atomic E-state index is -1.03. The van der Waals surface area contributed by atoms with Gasteiger partial charge >= 0.3 is 12.1 Å². The van der Waals surface area contributed by atoms with Crippen molar-refractivity contribution in [1.29, 1.82) is 0 Å². The van der Waals surface area contributed by atoms with Gasteiger partial charge in [0.15, 0.2) is 0 Å². The highest BCUT2D eigenvalue weighted by Crippen LogP contribution is 2.47. The van der Waals surface area contributed by atoms with Gasteiger partial charge in [0.05, 0.1) is 0 Å². The molecule has 2 heterocycles. The first-order valence-corrected chi connectivity index (χ1v) is 12.1. The predicted molar refractivity (Wildman–Crippen MR) is 126 cm³/mol. The lowest BCUT2D eigenvalue weighted by Crippen LogP contribution is -2.52. The van der Waals surface area contributed by atoms with E-state index in [-0.39, 0.29) is 30.4 Å². The number of fused-ring (bicyclic) bond motifs is 5. The standard InChI is InChI=1S/C27H30N2O5/c1-17(24(30)29-18-10-13-27(29,14-11-18)25(31)32)12-15-28-26(33)34-16-23-21-8-4-2-6-19(21)20-7-3-5-9-22(20)23/h2-9,17-18,23H,10-16H2,1H3,(H,28,33)(H,31,32). The molecule has 2 N–H and O–H groups in total. The highest BCUT2D eigenvalue weighted by atomic mass is 16.5. The number of alkyl carbamates (subject to hydrolysis) is 1. The number of carbonyl (C=O) groups is 3. The molecule has 2 saturated heterocycles. The Kier molecular flexibility index (Phi) is 5.80. The van der Waals surface area contributed by atoms with Gasteiger partial charge in [-0.25, -0.2) is 9.59 Å². The van der Waals surface area contributed by atoms with E-state index in [0.29, 0.717) is 25.8 Å². The Morgan fingerprint density at radius 3 is 2.24 bits per heavy atom. The average Bonchev–Trinajstić information content (AvgIpc) is 3.51. The molecule has 7 heteroatoms. The number of benzene rings is 2. The molecule has 2 aromatic rings. The number of amides is 2. The van der Waals surface area contributed by atoms with Gasteiger partial charge in [0.25, 0.3) is 0 Å². The molecular formula is C27H30N2O5. The molecule has 0 saturated carbocycles. The van der Waals surface area contributed by atoms with Crippen LogP contribution in [-0.2, 0) is 14.3 Å². The summed E-state index contributed by atoms with van der Waals surface area (Å²) in [6, 6.07) is 16.4. The van der Waals surface area contributed by atoms with E-state index in [0.717, 1.165) is 24.0 Å². The summed E-state index contributed by atoms with van der Waals surface area (Å²) >= 11 is 0. The van der Waals surface area contributed by atoms with Gasteiger partial charge in [-0.05, 0) is 54.4 Å². The minimum absolute atomic E-state index is 0.00324. The van der Waals surface area contributed by atoms with Crippen molar-refractivity contribution in [2.45, 2.75) is 56.5 Å². The lowest BCUT2D eigenvalue weighted by atomic mass is 9.88. The summed E-state index contributed by atoms with van der Waals surface area (Å²) < 4.78 is 5.55. The van der Waals surface area contributed by atoms with E-state index in [4.69, 9.17) is 4.74 Å². The number of nitrogens with zero attached hydrogens (tertiary/aromatic N) is 1. The third kappa shape index (κ3) is 3.63. The predicted octanol–water partition coefficient (Wildman–Crippen LogP) is 4.16. The lowest BCUT2D eigenvalue weighted by Gasteiger charge is -2.33. The number of carboxylic acids is 1. The van der Waals surface area contributed by atoms with Crippen LogP contribution in [0.1, 0.15) is 56.1 Å². The maximum absolute atomic E-state index is 13.0. The first-order valence-electron chi connectivity index (χ1n) is 12.1. The highest BCUT2D eigenvalue weighted by Gasteiger charge is 2.59. The van der Waals surface area contributed by atoms with Gasteiger partial charge < -0.3 is 20.1 Å². The Bertz CT molecular complexity index is 1080. The van der Waals surface area contributed by atoms with Crippen molar-refractivity contribution in [3.05, 3.63) is 59.7 Å². The number of ether oxygens (including phenoxy) is 1. The molecular weight excluding hydrogens is 432 g/mol. The molecule has 2 bridgehead atoms. The van der Waals surface area contributed by atoms with Crippen molar-refractivity contribution < 1.29 is 24.2 Å². The van der Waals surface area contributed by atoms with E-state index >= 15 is 0 Å². The first-order chi connectivity index (χ1) is 16.4. The molecule has 1 atom stereocenters. The van der Waals surface area contributed by atoms with Crippen LogP contribution in [0.5, 0.6) is 0 Å². The minimum Gasteiger partial charge on any atom is -0.479 e. The molecule has 3 aliphatic rings. The zero-order chi connectivity index (χ0) is 23.9. The fourth-order valence-electron chi connectivity index (χ4n) is 6.04. The summed E-state index contributed by atoms with van der Waals surface area (Å²) in [6.45, 7) is 2.34. The van der Waals surface area contributed by atoms with Crippen LogP contribution in [-0.4, -0.2) is 52.7 Å². The number of rotatable bonds is 7. The number of aliphatic carboxylic acids is 1. The summed E-state index contributed by atoms with van der Waals surface area (Å²) in [4.78, 5) is 38.9. The van der Waals surface area contributed by atoms with Gasteiger partial charge in [-0.2, -0.15) is 0 Å². The second kappa shape index (κ2) is 8.78. The molecule has 2 amide bonds. The van der Waals surface area contributed by atoms with E-state index in [1.165, 1.54) is 11.1 Å². The summed E-state index contributed by atoms with van der Waals surface area (Å²) in [6.07, 6.45) is 2.49. The Morgan fingerprint density at radius 2 is 1.65 bits per heavy atom. The van der Waals surface area contributed by atoms with E-state index in [1.807, 2.05) is 24.3 Å². The maximum atomic E-state index is 13.0.